The molecule has 1 saturated heterocycles. The fourth-order valence-corrected chi connectivity index (χ4v) is 2.53. The normalized spacial score (nSPS) is 21.6. The van der Waals surface area contributed by atoms with Gasteiger partial charge in [-0.2, -0.15) is 0 Å². The van der Waals surface area contributed by atoms with Crippen LogP contribution in [0.1, 0.15) is 17.3 Å². The number of carbonyl (C=O) groups is 1. The molecule has 0 spiro atoms. The number of nitrogens with zero attached hydrogens (tertiary/aromatic N) is 2. The van der Waals surface area contributed by atoms with Gasteiger partial charge in [-0.3, -0.25) is 4.79 Å². The van der Waals surface area contributed by atoms with Crippen molar-refractivity contribution in [2.45, 2.75) is 13.0 Å². The molecule has 0 amide bonds. The summed E-state index contributed by atoms with van der Waals surface area (Å²) in [5.74, 6) is 0. The van der Waals surface area contributed by atoms with Crippen LogP contribution in [-0.4, -0.2) is 43.9 Å². The van der Waals surface area contributed by atoms with Gasteiger partial charge in [-0.25, -0.2) is 0 Å². The maximum atomic E-state index is 11.1. The number of piperazine rings is 1. The van der Waals surface area contributed by atoms with Gasteiger partial charge in [0.1, 0.15) is 0 Å². The third-order valence-electron chi connectivity index (χ3n) is 3.26. The van der Waals surface area contributed by atoms with Crippen molar-refractivity contribution >= 4 is 23.6 Å². The zero-order valence-electron chi connectivity index (χ0n) is 10.2. The molecule has 0 aliphatic carbocycles. The third-order valence-corrected chi connectivity index (χ3v) is 3.49. The molecule has 92 valence electrons. The minimum Gasteiger partial charge on any atom is -0.366 e. The fraction of sp³-hybridized carbons (Fsp3) is 0.462. The van der Waals surface area contributed by atoms with Crippen LogP contribution in [0.3, 0.4) is 0 Å². The molecule has 1 aromatic rings. The maximum Gasteiger partial charge on any atom is 0.152 e. The molecular formula is C13H17ClN2O. The average molecular weight is 253 g/mol. The molecule has 2 rings (SSSR count). The largest absolute Gasteiger partial charge is 0.366 e. The van der Waals surface area contributed by atoms with E-state index in [0.717, 1.165) is 31.6 Å². The van der Waals surface area contributed by atoms with E-state index in [9.17, 15) is 4.79 Å². The van der Waals surface area contributed by atoms with E-state index in [2.05, 4.69) is 23.8 Å². The zero-order chi connectivity index (χ0) is 12.4. The van der Waals surface area contributed by atoms with Crippen LogP contribution in [0.4, 0.5) is 5.69 Å². The van der Waals surface area contributed by atoms with E-state index in [4.69, 9.17) is 11.6 Å². The van der Waals surface area contributed by atoms with Crippen molar-refractivity contribution in [2.24, 2.45) is 0 Å². The molecule has 4 heteroatoms. The second-order valence-electron chi connectivity index (χ2n) is 4.63. The van der Waals surface area contributed by atoms with Crippen molar-refractivity contribution in [3.05, 3.63) is 28.8 Å². The van der Waals surface area contributed by atoms with Crippen molar-refractivity contribution in [2.75, 3.05) is 31.6 Å². The molecule has 1 aliphatic rings. The van der Waals surface area contributed by atoms with Crippen LogP contribution in [0.5, 0.6) is 0 Å². The van der Waals surface area contributed by atoms with E-state index in [1.165, 1.54) is 0 Å². The highest BCUT2D eigenvalue weighted by atomic mass is 35.5. The smallest absolute Gasteiger partial charge is 0.152 e. The Bertz CT molecular complexity index is 422. The summed E-state index contributed by atoms with van der Waals surface area (Å²) >= 11 is 6.02. The Balaban J connectivity index is 2.32. The summed E-state index contributed by atoms with van der Waals surface area (Å²) in [6, 6.07) is 5.82. The Morgan fingerprint density at radius 2 is 2.18 bits per heavy atom. The number of likely N-dealkylation sites (N-methyl/N-ethyl adjacent to an activating group) is 1. The van der Waals surface area contributed by atoms with Gasteiger partial charge in [-0.15, -0.1) is 0 Å². The first-order chi connectivity index (χ1) is 8.11. The second-order valence-corrected chi connectivity index (χ2v) is 5.06. The quantitative estimate of drug-likeness (QED) is 0.755. The summed E-state index contributed by atoms with van der Waals surface area (Å²) in [7, 11) is 2.12. The van der Waals surface area contributed by atoms with Gasteiger partial charge >= 0.3 is 0 Å². The number of hydrogen-bond donors (Lipinski definition) is 0. The van der Waals surface area contributed by atoms with Crippen LogP contribution in [0.2, 0.25) is 5.02 Å². The third kappa shape index (κ3) is 2.61. The van der Waals surface area contributed by atoms with Gasteiger partial charge in [-0.05, 0) is 32.2 Å². The Morgan fingerprint density at radius 1 is 1.41 bits per heavy atom. The monoisotopic (exact) mass is 252 g/mol. The Kier molecular flexibility index (Phi) is 3.69. The summed E-state index contributed by atoms with van der Waals surface area (Å²) in [5, 5.41) is 0.678. The highest BCUT2D eigenvalue weighted by Gasteiger charge is 2.23. The van der Waals surface area contributed by atoms with Gasteiger partial charge in [0.05, 0.1) is 0 Å². The molecule has 0 N–H and O–H groups in total. The fourth-order valence-electron chi connectivity index (χ4n) is 2.36. The summed E-state index contributed by atoms with van der Waals surface area (Å²) in [6.45, 7) is 5.12. The van der Waals surface area contributed by atoms with Crippen LogP contribution in [-0.2, 0) is 0 Å². The van der Waals surface area contributed by atoms with E-state index >= 15 is 0 Å². The van der Waals surface area contributed by atoms with Gasteiger partial charge in [0.15, 0.2) is 6.29 Å². The van der Waals surface area contributed by atoms with Crippen molar-refractivity contribution in [3.63, 3.8) is 0 Å². The summed E-state index contributed by atoms with van der Waals surface area (Å²) in [4.78, 5) is 15.6. The number of anilines is 1. The van der Waals surface area contributed by atoms with Crippen molar-refractivity contribution in [1.82, 2.24) is 4.90 Å². The second kappa shape index (κ2) is 5.07. The maximum absolute atomic E-state index is 11.1. The lowest BCUT2D eigenvalue weighted by molar-refractivity contribution is 0.112. The molecule has 1 unspecified atom stereocenters. The topological polar surface area (TPSA) is 23.6 Å². The molecule has 0 bridgehead atoms. The molecule has 3 nitrogen and oxygen atoms in total. The van der Waals surface area contributed by atoms with Crippen molar-refractivity contribution < 1.29 is 4.79 Å². The Labute approximate surface area is 107 Å². The molecule has 17 heavy (non-hydrogen) atoms. The number of benzene rings is 1. The summed E-state index contributed by atoms with van der Waals surface area (Å²) in [5.41, 5.74) is 1.67. The van der Waals surface area contributed by atoms with Crippen LogP contribution >= 0.6 is 11.6 Å². The first-order valence-electron chi connectivity index (χ1n) is 5.81. The molecule has 1 heterocycles. The van der Waals surface area contributed by atoms with Gasteiger partial charge in [0.2, 0.25) is 0 Å². The molecule has 0 radical (unpaired) electrons. The molecule has 1 fully saturated rings. The molecule has 0 aromatic heterocycles. The highest BCUT2D eigenvalue weighted by Crippen LogP contribution is 2.26. The van der Waals surface area contributed by atoms with Gasteiger partial charge in [-0.1, -0.05) is 11.6 Å². The van der Waals surface area contributed by atoms with Crippen LogP contribution in [0.15, 0.2) is 18.2 Å². The number of rotatable bonds is 2. The average Bonchev–Trinajstić information content (AvgIpc) is 2.29. The number of aldehydes is 1. The Morgan fingerprint density at radius 3 is 2.82 bits per heavy atom. The van der Waals surface area contributed by atoms with E-state index in [1.807, 2.05) is 6.07 Å². The van der Waals surface area contributed by atoms with E-state index in [1.54, 1.807) is 12.1 Å². The van der Waals surface area contributed by atoms with Crippen LogP contribution in [0.25, 0.3) is 0 Å². The Hall–Kier alpha value is -1.06. The summed E-state index contributed by atoms with van der Waals surface area (Å²) in [6.07, 6.45) is 0.900. The first-order valence-corrected chi connectivity index (χ1v) is 6.19. The van der Waals surface area contributed by atoms with E-state index < -0.39 is 0 Å². The predicted molar refractivity (Wildman–Crippen MR) is 71.1 cm³/mol. The minimum absolute atomic E-state index is 0.394. The highest BCUT2D eigenvalue weighted by molar-refractivity contribution is 6.31. The minimum atomic E-state index is 0.394. The lowest BCUT2D eigenvalue weighted by Crippen LogP contribution is -2.50. The first kappa shape index (κ1) is 12.4. The molecule has 1 aromatic carbocycles. The number of halogens is 1. The van der Waals surface area contributed by atoms with Crippen molar-refractivity contribution in [3.8, 4) is 0 Å². The SMILES string of the molecule is CC1CN(C)CCN1c1cc(Cl)ccc1C=O. The molecule has 1 atom stereocenters. The van der Waals surface area contributed by atoms with Gasteiger partial charge in [0, 0.05) is 41.9 Å². The zero-order valence-corrected chi connectivity index (χ0v) is 10.9. The van der Waals surface area contributed by atoms with Crippen LogP contribution < -0.4 is 4.90 Å². The van der Waals surface area contributed by atoms with Crippen molar-refractivity contribution in [1.29, 1.82) is 0 Å². The standard InChI is InChI=1S/C13H17ClN2O/c1-10-8-15(2)5-6-16(10)13-7-12(14)4-3-11(13)9-17/h3-4,7,9-10H,5-6,8H2,1-2H3. The molecule has 1 aliphatic heterocycles. The predicted octanol–water partition coefficient (Wildman–Crippen LogP) is 2.29. The van der Waals surface area contributed by atoms with E-state index in [-0.39, 0.29) is 0 Å². The van der Waals surface area contributed by atoms with E-state index in [0.29, 0.717) is 16.6 Å². The lowest BCUT2D eigenvalue weighted by atomic mass is 10.1. The number of carbonyl (C=O) groups excluding carboxylic acids is 1. The van der Waals surface area contributed by atoms with Gasteiger partial charge in [0.25, 0.3) is 0 Å². The number of hydrogen-bond acceptors (Lipinski definition) is 3. The lowest BCUT2D eigenvalue weighted by Gasteiger charge is -2.40. The molecular weight excluding hydrogens is 236 g/mol. The summed E-state index contributed by atoms with van der Waals surface area (Å²) < 4.78 is 0. The molecule has 0 saturated carbocycles. The van der Waals surface area contributed by atoms with Gasteiger partial charge < -0.3 is 9.80 Å². The van der Waals surface area contributed by atoms with Crippen LogP contribution in [0, 0.1) is 0 Å².